The molecular weight excluding hydrogens is 270 g/mol. The third-order valence-corrected chi connectivity index (χ3v) is 3.13. The highest BCUT2D eigenvalue weighted by Crippen LogP contribution is 2.19. The zero-order valence-electron chi connectivity index (χ0n) is 11.3. The summed E-state index contributed by atoms with van der Waals surface area (Å²) in [6.45, 7) is 1.96. The van der Waals surface area contributed by atoms with Crippen LogP contribution >= 0.6 is 0 Å². The lowest BCUT2D eigenvalue weighted by Gasteiger charge is -2.14. The van der Waals surface area contributed by atoms with E-state index in [1.165, 1.54) is 0 Å². The van der Waals surface area contributed by atoms with Gasteiger partial charge in [-0.15, -0.1) is 0 Å². The predicted octanol–water partition coefficient (Wildman–Crippen LogP) is 1.18. The molecule has 0 spiro atoms. The second-order valence-electron chi connectivity index (χ2n) is 4.66. The molecule has 0 aliphatic carbocycles. The van der Waals surface area contributed by atoms with E-state index in [4.69, 9.17) is 0 Å². The number of fused-ring (bicyclic) bond motifs is 1. The molecule has 7 heteroatoms. The number of rotatable bonds is 3. The SMILES string of the molecule is CC(Nc1ccc2[nH]c(=O)c(=O)[nH]c2c1)c1cnccn1. The molecule has 3 rings (SSSR count). The quantitative estimate of drug-likeness (QED) is 0.626. The van der Waals surface area contributed by atoms with Gasteiger partial charge in [0.15, 0.2) is 0 Å². The highest BCUT2D eigenvalue weighted by molar-refractivity contribution is 5.78. The summed E-state index contributed by atoms with van der Waals surface area (Å²) in [5.74, 6) is 0. The van der Waals surface area contributed by atoms with Gasteiger partial charge in [0.25, 0.3) is 0 Å². The second-order valence-corrected chi connectivity index (χ2v) is 4.66. The van der Waals surface area contributed by atoms with Crippen LogP contribution in [0, 0.1) is 0 Å². The molecule has 7 nitrogen and oxygen atoms in total. The third-order valence-electron chi connectivity index (χ3n) is 3.13. The van der Waals surface area contributed by atoms with Crippen LogP contribution in [0.5, 0.6) is 0 Å². The van der Waals surface area contributed by atoms with E-state index in [-0.39, 0.29) is 6.04 Å². The second kappa shape index (κ2) is 5.20. The van der Waals surface area contributed by atoms with Crippen molar-refractivity contribution in [2.24, 2.45) is 0 Å². The van der Waals surface area contributed by atoms with Crippen LogP contribution in [0.3, 0.4) is 0 Å². The standard InChI is InChI=1S/C14H13N5O2/c1-8(12-7-15-4-5-16-12)17-9-2-3-10-11(6-9)19-14(21)13(20)18-10/h2-8,17H,1H3,(H,18,20)(H,19,21). The average molecular weight is 283 g/mol. The summed E-state index contributed by atoms with van der Waals surface area (Å²) in [5, 5.41) is 3.27. The van der Waals surface area contributed by atoms with Gasteiger partial charge in [0, 0.05) is 18.1 Å². The molecule has 0 saturated heterocycles. The van der Waals surface area contributed by atoms with Gasteiger partial charge in [0.2, 0.25) is 0 Å². The van der Waals surface area contributed by atoms with Gasteiger partial charge in [-0.05, 0) is 25.1 Å². The number of H-pyrrole nitrogens is 2. The van der Waals surface area contributed by atoms with E-state index in [0.29, 0.717) is 11.0 Å². The van der Waals surface area contributed by atoms with Crippen molar-refractivity contribution in [1.82, 2.24) is 19.9 Å². The van der Waals surface area contributed by atoms with Crippen LogP contribution in [0.1, 0.15) is 18.7 Å². The van der Waals surface area contributed by atoms with E-state index in [2.05, 4.69) is 25.3 Å². The van der Waals surface area contributed by atoms with Crippen molar-refractivity contribution in [2.45, 2.75) is 13.0 Å². The Bertz CT molecular complexity index is 885. The molecule has 0 fully saturated rings. The summed E-state index contributed by atoms with van der Waals surface area (Å²) in [6.07, 6.45) is 4.95. The molecule has 1 atom stereocenters. The summed E-state index contributed by atoms with van der Waals surface area (Å²) in [7, 11) is 0. The van der Waals surface area contributed by atoms with E-state index in [1.54, 1.807) is 30.7 Å². The number of benzene rings is 1. The lowest BCUT2D eigenvalue weighted by atomic mass is 10.2. The lowest BCUT2D eigenvalue weighted by molar-refractivity contribution is 0.827. The first-order valence-electron chi connectivity index (χ1n) is 6.42. The topological polar surface area (TPSA) is 104 Å². The maximum Gasteiger partial charge on any atom is 0.314 e. The monoisotopic (exact) mass is 283 g/mol. The van der Waals surface area contributed by atoms with Crippen LogP contribution in [0.25, 0.3) is 11.0 Å². The molecule has 3 N–H and O–H groups in total. The van der Waals surface area contributed by atoms with Crippen molar-refractivity contribution in [1.29, 1.82) is 0 Å². The van der Waals surface area contributed by atoms with E-state index in [1.807, 2.05) is 13.0 Å². The fraction of sp³-hybridized carbons (Fsp3) is 0.143. The van der Waals surface area contributed by atoms with E-state index < -0.39 is 11.1 Å². The number of hydrogen-bond donors (Lipinski definition) is 3. The Morgan fingerprint density at radius 1 is 1.10 bits per heavy atom. The molecule has 21 heavy (non-hydrogen) atoms. The minimum atomic E-state index is -0.665. The average Bonchev–Trinajstić information content (AvgIpc) is 2.49. The predicted molar refractivity (Wildman–Crippen MR) is 79.3 cm³/mol. The normalized spacial score (nSPS) is 12.2. The van der Waals surface area contributed by atoms with Gasteiger partial charge in [-0.25, -0.2) is 0 Å². The van der Waals surface area contributed by atoms with Gasteiger partial charge in [-0.3, -0.25) is 19.6 Å². The van der Waals surface area contributed by atoms with Crippen molar-refractivity contribution < 1.29 is 0 Å². The third kappa shape index (κ3) is 2.66. The van der Waals surface area contributed by atoms with Crippen LogP contribution < -0.4 is 16.4 Å². The van der Waals surface area contributed by atoms with Crippen LogP contribution in [0.15, 0.2) is 46.4 Å². The number of anilines is 1. The fourth-order valence-corrected chi connectivity index (χ4v) is 2.06. The van der Waals surface area contributed by atoms with Crippen molar-refractivity contribution in [3.63, 3.8) is 0 Å². The molecule has 0 bridgehead atoms. The first-order valence-corrected chi connectivity index (χ1v) is 6.42. The first kappa shape index (κ1) is 13.0. The Morgan fingerprint density at radius 2 is 1.86 bits per heavy atom. The van der Waals surface area contributed by atoms with Gasteiger partial charge in [-0.2, -0.15) is 0 Å². The molecule has 2 heterocycles. The Labute approximate surface area is 119 Å². The summed E-state index contributed by atoms with van der Waals surface area (Å²) in [6, 6.07) is 5.28. The van der Waals surface area contributed by atoms with Gasteiger partial charge in [0.1, 0.15) is 0 Å². The molecular formula is C14H13N5O2. The molecule has 2 aromatic heterocycles. The summed E-state index contributed by atoms with van der Waals surface area (Å²) < 4.78 is 0. The van der Waals surface area contributed by atoms with Crippen LogP contribution in [0.2, 0.25) is 0 Å². The number of aromatic amines is 2. The molecule has 0 aliphatic rings. The maximum absolute atomic E-state index is 11.3. The minimum absolute atomic E-state index is 0.0365. The van der Waals surface area contributed by atoms with Gasteiger partial charge < -0.3 is 15.3 Å². The molecule has 0 radical (unpaired) electrons. The van der Waals surface area contributed by atoms with Crippen LogP contribution in [-0.2, 0) is 0 Å². The van der Waals surface area contributed by atoms with Crippen LogP contribution in [0.4, 0.5) is 5.69 Å². The van der Waals surface area contributed by atoms with Crippen molar-refractivity contribution in [3.8, 4) is 0 Å². The number of aromatic nitrogens is 4. The molecule has 0 aliphatic heterocycles. The Balaban J connectivity index is 1.93. The Hall–Kier alpha value is -2.96. The van der Waals surface area contributed by atoms with Gasteiger partial charge >= 0.3 is 11.1 Å². The number of nitrogens with one attached hydrogen (secondary N) is 3. The Kier molecular flexibility index (Phi) is 3.23. The first-order chi connectivity index (χ1) is 10.1. The molecule has 1 aromatic carbocycles. The summed E-state index contributed by atoms with van der Waals surface area (Å²) in [5.41, 5.74) is 1.45. The zero-order chi connectivity index (χ0) is 14.8. The summed E-state index contributed by atoms with van der Waals surface area (Å²) >= 11 is 0. The molecule has 3 aromatic rings. The van der Waals surface area contributed by atoms with Crippen molar-refractivity contribution in [2.75, 3.05) is 5.32 Å². The minimum Gasteiger partial charge on any atom is -0.377 e. The van der Waals surface area contributed by atoms with Gasteiger partial charge in [0.05, 0.1) is 29.0 Å². The molecule has 0 saturated carbocycles. The lowest BCUT2D eigenvalue weighted by Crippen LogP contribution is -2.28. The smallest absolute Gasteiger partial charge is 0.314 e. The van der Waals surface area contributed by atoms with E-state index in [0.717, 1.165) is 11.4 Å². The highest BCUT2D eigenvalue weighted by atomic mass is 16.2. The van der Waals surface area contributed by atoms with Crippen molar-refractivity contribution in [3.05, 3.63) is 63.2 Å². The van der Waals surface area contributed by atoms with E-state index >= 15 is 0 Å². The van der Waals surface area contributed by atoms with Crippen LogP contribution in [-0.4, -0.2) is 19.9 Å². The maximum atomic E-state index is 11.3. The highest BCUT2D eigenvalue weighted by Gasteiger charge is 2.07. The molecule has 106 valence electrons. The Morgan fingerprint density at radius 3 is 2.57 bits per heavy atom. The molecule has 1 unspecified atom stereocenters. The molecule has 0 amide bonds. The summed E-state index contributed by atoms with van der Waals surface area (Å²) in [4.78, 5) is 35.9. The number of nitrogens with zero attached hydrogens (tertiary/aromatic N) is 2. The van der Waals surface area contributed by atoms with Gasteiger partial charge in [-0.1, -0.05) is 0 Å². The largest absolute Gasteiger partial charge is 0.377 e. The van der Waals surface area contributed by atoms with Crippen molar-refractivity contribution >= 4 is 16.7 Å². The number of hydrogen-bond acceptors (Lipinski definition) is 5. The van der Waals surface area contributed by atoms with E-state index in [9.17, 15) is 9.59 Å². The zero-order valence-corrected chi connectivity index (χ0v) is 11.3. The fourth-order valence-electron chi connectivity index (χ4n) is 2.06.